The van der Waals surface area contributed by atoms with Gasteiger partial charge in [-0.05, 0) is 19.8 Å². The van der Waals surface area contributed by atoms with E-state index in [0.29, 0.717) is 45.6 Å². The summed E-state index contributed by atoms with van der Waals surface area (Å²) < 4.78 is 29.1. The van der Waals surface area contributed by atoms with Gasteiger partial charge in [-0.3, -0.25) is 9.59 Å². The minimum absolute atomic E-state index is 0.00501. The van der Waals surface area contributed by atoms with Crippen LogP contribution in [0, 0.1) is 5.92 Å². The number of rotatable bonds is 2. The zero-order chi connectivity index (χ0) is 16.7. The highest BCUT2D eigenvalue weighted by molar-refractivity contribution is 7.91. The topological polar surface area (TPSA) is 84.0 Å². The standard InChI is InChI=1S/C15H24N2O5S/c1-2-16-10-12(9-13(16)18)14(19)17-5-6-22-15(11-17)3-7-23(20,21)8-4-15/h12H,2-11H2,1H3. The normalized spacial score (nSPS) is 30.0. The van der Waals surface area contributed by atoms with E-state index in [1.807, 2.05) is 6.92 Å². The van der Waals surface area contributed by atoms with Gasteiger partial charge in [-0.15, -0.1) is 0 Å². The molecule has 3 heterocycles. The lowest BCUT2D eigenvalue weighted by Crippen LogP contribution is -2.57. The molecule has 1 unspecified atom stereocenters. The molecular formula is C15H24N2O5S. The Kier molecular flexibility index (Phi) is 4.39. The molecule has 8 heteroatoms. The summed E-state index contributed by atoms with van der Waals surface area (Å²) in [7, 11) is -2.96. The van der Waals surface area contributed by atoms with E-state index in [2.05, 4.69) is 0 Å². The summed E-state index contributed by atoms with van der Waals surface area (Å²) in [6.07, 6.45) is 1.18. The quantitative estimate of drug-likeness (QED) is 0.684. The lowest BCUT2D eigenvalue weighted by molar-refractivity contribution is -0.155. The zero-order valence-corrected chi connectivity index (χ0v) is 14.3. The molecule has 3 rings (SSSR count). The summed E-state index contributed by atoms with van der Waals surface area (Å²) in [6.45, 7) is 4.43. The maximum Gasteiger partial charge on any atom is 0.228 e. The highest BCUT2D eigenvalue weighted by atomic mass is 32.2. The molecule has 130 valence electrons. The molecule has 1 spiro atoms. The largest absolute Gasteiger partial charge is 0.371 e. The summed E-state index contributed by atoms with van der Waals surface area (Å²) >= 11 is 0. The van der Waals surface area contributed by atoms with Crippen LogP contribution in [0.3, 0.4) is 0 Å². The average molecular weight is 344 g/mol. The number of ether oxygens (including phenoxy) is 1. The van der Waals surface area contributed by atoms with E-state index >= 15 is 0 Å². The SMILES string of the molecule is CCN1CC(C(=O)N2CCOC3(CCS(=O)(=O)CC3)C2)CC1=O. The van der Waals surface area contributed by atoms with E-state index < -0.39 is 15.4 Å². The van der Waals surface area contributed by atoms with Crippen molar-refractivity contribution in [3.05, 3.63) is 0 Å². The third kappa shape index (κ3) is 3.38. The first kappa shape index (κ1) is 16.7. The number of carbonyl (C=O) groups is 2. The second-order valence-electron chi connectivity index (χ2n) is 6.78. The molecule has 0 aromatic rings. The van der Waals surface area contributed by atoms with E-state index in [4.69, 9.17) is 4.74 Å². The van der Waals surface area contributed by atoms with Crippen molar-refractivity contribution in [1.29, 1.82) is 0 Å². The van der Waals surface area contributed by atoms with Crippen LogP contribution in [-0.4, -0.2) is 79.9 Å². The van der Waals surface area contributed by atoms with Crippen LogP contribution in [0.15, 0.2) is 0 Å². The number of hydrogen-bond acceptors (Lipinski definition) is 5. The van der Waals surface area contributed by atoms with E-state index in [0.717, 1.165) is 0 Å². The van der Waals surface area contributed by atoms with Crippen molar-refractivity contribution in [3.8, 4) is 0 Å². The third-order valence-electron chi connectivity index (χ3n) is 5.24. The summed E-state index contributed by atoms with van der Waals surface area (Å²) in [6, 6.07) is 0. The van der Waals surface area contributed by atoms with Gasteiger partial charge in [-0.25, -0.2) is 8.42 Å². The van der Waals surface area contributed by atoms with Crippen LogP contribution in [0.4, 0.5) is 0 Å². The number of hydrogen-bond donors (Lipinski definition) is 0. The van der Waals surface area contributed by atoms with Crippen LogP contribution in [0.1, 0.15) is 26.2 Å². The van der Waals surface area contributed by atoms with E-state index in [1.165, 1.54) is 0 Å². The Hall–Kier alpha value is -1.15. The number of nitrogens with zero attached hydrogens (tertiary/aromatic N) is 2. The van der Waals surface area contributed by atoms with Gasteiger partial charge in [0.15, 0.2) is 9.84 Å². The molecule has 0 aromatic carbocycles. The molecule has 0 radical (unpaired) electrons. The third-order valence-corrected chi connectivity index (χ3v) is 6.90. The first-order valence-electron chi connectivity index (χ1n) is 8.25. The molecule has 3 aliphatic heterocycles. The van der Waals surface area contributed by atoms with Gasteiger partial charge in [0.25, 0.3) is 0 Å². The highest BCUT2D eigenvalue weighted by Gasteiger charge is 2.45. The summed E-state index contributed by atoms with van der Waals surface area (Å²) in [5, 5.41) is 0. The summed E-state index contributed by atoms with van der Waals surface area (Å²) in [4.78, 5) is 28.1. The summed E-state index contributed by atoms with van der Waals surface area (Å²) in [5.41, 5.74) is -0.522. The van der Waals surface area contributed by atoms with Crippen LogP contribution in [0.25, 0.3) is 0 Å². The molecule has 0 N–H and O–H groups in total. The Morgan fingerprint density at radius 1 is 1.35 bits per heavy atom. The lowest BCUT2D eigenvalue weighted by Gasteiger charge is -2.45. The van der Waals surface area contributed by atoms with Gasteiger partial charge in [0.2, 0.25) is 11.8 Å². The molecule has 3 saturated heterocycles. The minimum Gasteiger partial charge on any atom is -0.371 e. The van der Waals surface area contributed by atoms with Crippen molar-refractivity contribution in [2.45, 2.75) is 31.8 Å². The predicted molar refractivity (Wildman–Crippen MR) is 83.5 cm³/mol. The van der Waals surface area contributed by atoms with Crippen LogP contribution >= 0.6 is 0 Å². The van der Waals surface area contributed by atoms with Gasteiger partial charge in [-0.2, -0.15) is 0 Å². The van der Waals surface area contributed by atoms with E-state index in [9.17, 15) is 18.0 Å². The average Bonchev–Trinajstić information content (AvgIpc) is 2.91. The fourth-order valence-corrected chi connectivity index (χ4v) is 5.32. The van der Waals surface area contributed by atoms with Gasteiger partial charge in [0.05, 0.1) is 29.6 Å². The number of carbonyl (C=O) groups excluding carboxylic acids is 2. The maximum absolute atomic E-state index is 12.7. The minimum atomic E-state index is -2.96. The number of sulfone groups is 1. The molecule has 0 aromatic heterocycles. The Bertz CT molecular complexity index is 589. The first-order chi connectivity index (χ1) is 10.8. The van der Waals surface area contributed by atoms with Gasteiger partial charge >= 0.3 is 0 Å². The zero-order valence-electron chi connectivity index (χ0n) is 13.5. The molecule has 3 aliphatic rings. The van der Waals surface area contributed by atoms with Crippen LogP contribution in [-0.2, 0) is 24.2 Å². The van der Waals surface area contributed by atoms with E-state index in [-0.39, 0.29) is 35.7 Å². The number of morpholine rings is 1. The van der Waals surface area contributed by atoms with Gasteiger partial charge in [0, 0.05) is 32.6 Å². The Balaban J connectivity index is 1.65. The van der Waals surface area contributed by atoms with Gasteiger partial charge in [-0.1, -0.05) is 0 Å². The summed E-state index contributed by atoms with van der Waals surface area (Å²) in [5.74, 6) is 0.0223. The lowest BCUT2D eigenvalue weighted by atomic mass is 9.93. The second kappa shape index (κ2) is 6.05. The van der Waals surface area contributed by atoms with Crippen molar-refractivity contribution in [2.75, 3.05) is 44.3 Å². The molecule has 0 saturated carbocycles. The number of likely N-dealkylation sites (tertiary alicyclic amines) is 1. The molecule has 0 aliphatic carbocycles. The molecular weight excluding hydrogens is 320 g/mol. The van der Waals surface area contributed by atoms with Crippen molar-refractivity contribution >= 4 is 21.7 Å². The van der Waals surface area contributed by atoms with Crippen molar-refractivity contribution in [2.24, 2.45) is 5.92 Å². The van der Waals surface area contributed by atoms with Crippen LogP contribution in [0.5, 0.6) is 0 Å². The fraction of sp³-hybridized carbons (Fsp3) is 0.867. The monoisotopic (exact) mass is 344 g/mol. The molecule has 23 heavy (non-hydrogen) atoms. The Morgan fingerprint density at radius 3 is 2.65 bits per heavy atom. The van der Waals surface area contributed by atoms with E-state index in [1.54, 1.807) is 9.80 Å². The maximum atomic E-state index is 12.7. The molecule has 1 atom stereocenters. The fourth-order valence-electron chi connectivity index (χ4n) is 3.75. The molecule has 3 fully saturated rings. The number of amides is 2. The predicted octanol–water partition coefficient (Wildman–Crippen LogP) is -0.339. The Labute approximate surface area is 136 Å². The van der Waals surface area contributed by atoms with Crippen molar-refractivity contribution in [3.63, 3.8) is 0 Å². The smallest absolute Gasteiger partial charge is 0.228 e. The van der Waals surface area contributed by atoms with Gasteiger partial charge < -0.3 is 14.5 Å². The van der Waals surface area contributed by atoms with Crippen molar-refractivity contribution < 1.29 is 22.7 Å². The molecule has 2 amide bonds. The van der Waals surface area contributed by atoms with Crippen molar-refractivity contribution in [1.82, 2.24) is 9.80 Å². The van der Waals surface area contributed by atoms with Crippen LogP contribution in [0.2, 0.25) is 0 Å². The molecule has 0 bridgehead atoms. The molecule has 7 nitrogen and oxygen atoms in total. The Morgan fingerprint density at radius 2 is 2.04 bits per heavy atom. The first-order valence-corrected chi connectivity index (χ1v) is 10.1. The highest BCUT2D eigenvalue weighted by Crippen LogP contribution is 2.32. The van der Waals surface area contributed by atoms with Gasteiger partial charge in [0.1, 0.15) is 0 Å². The van der Waals surface area contributed by atoms with Crippen LogP contribution < -0.4 is 0 Å². The second-order valence-corrected chi connectivity index (χ2v) is 9.08.